The molecule has 7 heteroatoms. The van der Waals surface area contributed by atoms with E-state index in [-0.39, 0.29) is 29.2 Å². The third-order valence-corrected chi connectivity index (χ3v) is 10.0. The van der Waals surface area contributed by atoms with Gasteiger partial charge in [0, 0.05) is 38.3 Å². The van der Waals surface area contributed by atoms with E-state index in [0.717, 1.165) is 96.0 Å². The second kappa shape index (κ2) is 10.6. The Morgan fingerprint density at radius 1 is 1.11 bits per heavy atom. The molecule has 3 N–H and O–H groups in total. The van der Waals surface area contributed by atoms with E-state index in [0.29, 0.717) is 23.7 Å². The molecule has 2 heterocycles. The first-order chi connectivity index (χ1) is 16.9. The van der Waals surface area contributed by atoms with Gasteiger partial charge in [-0.1, -0.05) is 13.3 Å². The summed E-state index contributed by atoms with van der Waals surface area (Å²) in [4.78, 5) is 26.1. The summed E-state index contributed by atoms with van der Waals surface area (Å²) >= 11 is 0. The molecule has 0 bridgehead atoms. The number of carbonyl (C=O) groups is 1. The van der Waals surface area contributed by atoms with Gasteiger partial charge in [-0.3, -0.25) is 0 Å². The lowest BCUT2D eigenvalue weighted by atomic mass is 9.50. The van der Waals surface area contributed by atoms with Crippen molar-refractivity contribution in [1.82, 2.24) is 15.5 Å². The fourth-order valence-electron chi connectivity index (χ4n) is 7.96. The number of nitrogens with zero attached hydrogens (tertiary/aromatic N) is 1. The molecule has 4 aliphatic rings. The predicted octanol–water partition coefficient (Wildman–Crippen LogP) is 3.86. The number of fused-ring (bicyclic) bond motifs is 3. The highest BCUT2D eigenvalue weighted by Crippen LogP contribution is 2.58. The lowest BCUT2D eigenvalue weighted by Crippen LogP contribution is -2.56. The Bertz CT molecular complexity index is 909. The van der Waals surface area contributed by atoms with Crippen molar-refractivity contribution < 1.29 is 14.3 Å². The molecule has 5 rings (SSSR count). The first-order valence-corrected chi connectivity index (χ1v) is 14.0. The number of hydrogen-bond donors (Lipinski definition) is 3. The maximum Gasteiger partial charge on any atom is 0.335 e. The van der Waals surface area contributed by atoms with E-state index < -0.39 is 0 Å². The summed E-state index contributed by atoms with van der Waals surface area (Å²) < 4.78 is 5.14. The zero-order valence-corrected chi connectivity index (χ0v) is 21.2. The first-order valence-electron chi connectivity index (χ1n) is 14.0. The highest BCUT2D eigenvalue weighted by atomic mass is 16.4. The molecule has 1 aromatic rings. The van der Waals surface area contributed by atoms with Gasteiger partial charge < -0.3 is 25.1 Å². The highest BCUT2D eigenvalue weighted by molar-refractivity contribution is 5.74. The summed E-state index contributed by atoms with van der Waals surface area (Å²) in [5.41, 5.74) is 1.02. The van der Waals surface area contributed by atoms with E-state index in [1.807, 2.05) is 11.0 Å². The Morgan fingerprint density at radius 2 is 1.94 bits per heavy atom. The van der Waals surface area contributed by atoms with Crippen LogP contribution in [0.25, 0.3) is 0 Å². The van der Waals surface area contributed by atoms with Crippen LogP contribution in [0.15, 0.2) is 27.6 Å². The molecule has 0 spiro atoms. The van der Waals surface area contributed by atoms with E-state index in [2.05, 4.69) is 17.6 Å². The number of amides is 2. The van der Waals surface area contributed by atoms with Crippen molar-refractivity contribution in [1.29, 1.82) is 0 Å². The molecule has 0 radical (unpaired) electrons. The van der Waals surface area contributed by atoms with Crippen LogP contribution in [0, 0.1) is 23.2 Å². The molecule has 1 saturated heterocycles. The number of aliphatic hydroxyl groups excluding tert-OH is 1. The number of hydrogen-bond acceptors (Lipinski definition) is 5. The van der Waals surface area contributed by atoms with E-state index in [4.69, 9.17) is 4.42 Å². The molecular weight excluding hydrogens is 442 g/mol. The van der Waals surface area contributed by atoms with Crippen molar-refractivity contribution >= 4 is 6.03 Å². The molecule has 2 amide bonds. The zero-order chi connectivity index (χ0) is 24.4. The summed E-state index contributed by atoms with van der Waals surface area (Å²) in [7, 11) is 0. The van der Waals surface area contributed by atoms with Crippen molar-refractivity contribution in [2.24, 2.45) is 23.2 Å². The van der Waals surface area contributed by atoms with Gasteiger partial charge in [0.25, 0.3) is 0 Å². The van der Waals surface area contributed by atoms with Gasteiger partial charge in [-0.25, -0.2) is 9.59 Å². The summed E-state index contributed by atoms with van der Waals surface area (Å²) in [6.07, 6.45) is 12.0. The summed E-state index contributed by atoms with van der Waals surface area (Å²) in [6.45, 7) is 5.82. The van der Waals surface area contributed by atoms with Gasteiger partial charge in [0.05, 0.1) is 12.4 Å². The maximum absolute atomic E-state index is 12.8. The minimum absolute atomic E-state index is 0.106. The van der Waals surface area contributed by atoms with E-state index in [9.17, 15) is 14.7 Å². The minimum atomic E-state index is -0.304. The first kappa shape index (κ1) is 24.8. The Labute approximate surface area is 209 Å². The van der Waals surface area contributed by atoms with Gasteiger partial charge in [0.1, 0.15) is 0 Å². The second-order valence-corrected chi connectivity index (χ2v) is 11.9. The maximum atomic E-state index is 12.8. The SMILES string of the molecule is CC12CCC(NC(=O)N3CCNCC3)CC1CCC1C(O)CCC(c3ccc(=O)oc3)CCCC12. The number of aliphatic hydroxyl groups is 1. The van der Waals surface area contributed by atoms with Gasteiger partial charge in [0.15, 0.2) is 0 Å². The van der Waals surface area contributed by atoms with Crippen LogP contribution in [0.4, 0.5) is 4.79 Å². The van der Waals surface area contributed by atoms with Gasteiger partial charge in [-0.15, -0.1) is 0 Å². The molecule has 1 aliphatic heterocycles. The van der Waals surface area contributed by atoms with Crippen molar-refractivity contribution in [2.45, 2.75) is 89.2 Å². The van der Waals surface area contributed by atoms with Crippen molar-refractivity contribution in [2.75, 3.05) is 26.2 Å². The molecule has 3 aliphatic carbocycles. The topological polar surface area (TPSA) is 94.8 Å². The van der Waals surface area contributed by atoms with Gasteiger partial charge in [-0.05, 0) is 98.5 Å². The van der Waals surface area contributed by atoms with Crippen LogP contribution >= 0.6 is 0 Å². The van der Waals surface area contributed by atoms with Crippen LogP contribution in [-0.4, -0.2) is 54.4 Å². The molecule has 35 heavy (non-hydrogen) atoms. The quantitative estimate of drug-likeness (QED) is 0.591. The van der Waals surface area contributed by atoms with E-state index >= 15 is 0 Å². The number of urea groups is 1. The summed E-state index contributed by atoms with van der Waals surface area (Å²) in [5, 5.41) is 18.0. The fraction of sp³-hybridized carbons (Fsp3) is 0.786. The molecule has 1 aromatic heterocycles. The average Bonchev–Trinajstić information content (AvgIpc) is 2.95. The van der Waals surface area contributed by atoms with Crippen molar-refractivity contribution in [3.05, 3.63) is 34.4 Å². The Balaban J connectivity index is 1.24. The predicted molar refractivity (Wildman–Crippen MR) is 135 cm³/mol. The Morgan fingerprint density at radius 3 is 2.71 bits per heavy atom. The minimum Gasteiger partial charge on any atom is -0.431 e. The number of carbonyl (C=O) groups excluding carboxylic acids is 1. The largest absolute Gasteiger partial charge is 0.431 e. The standard InChI is InChI=1S/C28H43N3O4/c1-28-12-11-22(30-27(34)31-15-13-29-14-16-31)17-21(28)7-8-23-24(28)4-2-3-19(5-9-25(23)32)20-6-10-26(33)35-18-20/h6,10,18-19,21-25,29,32H,2-5,7-9,11-17H2,1H3,(H,30,34). The zero-order valence-electron chi connectivity index (χ0n) is 21.2. The third-order valence-electron chi connectivity index (χ3n) is 10.0. The van der Waals surface area contributed by atoms with Crippen molar-refractivity contribution in [3.63, 3.8) is 0 Å². The molecule has 7 unspecified atom stereocenters. The van der Waals surface area contributed by atoms with Crippen LogP contribution in [0.3, 0.4) is 0 Å². The second-order valence-electron chi connectivity index (χ2n) is 11.9. The lowest BCUT2D eigenvalue weighted by molar-refractivity contribution is -0.0848. The Kier molecular flexibility index (Phi) is 7.54. The van der Waals surface area contributed by atoms with Crippen LogP contribution in [0.1, 0.15) is 82.6 Å². The molecule has 3 saturated carbocycles. The van der Waals surface area contributed by atoms with Gasteiger partial charge >= 0.3 is 11.7 Å². The monoisotopic (exact) mass is 485 g/mol. The molecule has 194 valence electrons. The van der Waals surface area contributed by atoms with E-state index in [1.54, 1.807) is 6.26 Å². The van der Waals surface area contributed by atoms with Gasteiger partial charge in [0.2, 0.25) is 0 Å². The normalized spacial score (nSPS) is 38.3. The van der Waals surface area contributed by atoms with Crippen LogP contribution in [0.5, 0.6) is 0 Å². The van der Waals surface area contributed by atoms with Crippen molar-refractivity contribution in [3.8, 4) is 0 Å². The summed E-state index contributed by atoms with van der Waals surface area (Å²) in [6, 6.07) is 3.80. The molecule has 0 aromatic carbocycles. The van der Waals surface area contributed by atoms with Gasteiger partial charge in [-0.2, -0.15) is 0 Å². The summed E-state index contributed by atoms with van der Waals surface area (Å²) in [5.74, 6) is 1.86. The fourth-order valence-corrected chi connectivity index (χ4v) is 7.96. The molecular formula is C28H43N3O4. The van der Waals surface area contributed by atoms with E-state index in [1.165, 1.54) is 6.07 Å². The highest BCUT2D eigenvalue weighted by Gasteiger charge is 2.52. The third kappa shape index (κ3) is 5.31. The number of nitrogens with one attached hydrogen (secondary N) is 2. The number of piperazine rings is 1. The smallest absolute Gasteiger partial charge is 0.335 e. The lowest BCUT2D eigenvalue weighted by Gasteiger charge is -2.56. The number of rotatable bonds is 2. The van der Waals surface area contributed by atoms with Crippen LogP contribution in [-0.2, 0) is 0 Å². The van der Waals surface area contributed by atoms with Crippen LogP contribution < -0.4 is 16.3 Å². The Hall–Kier alpha value is -1.86. The van der Waals surface area contributed by atoms with Crippen LogP contribution in [0.2, 0.25) is 0 Å². The molecule has 7 atom stereocenters. The molecule has 7 nitrogen and oxygen atoms in total. The molecule has 4 fully saturated rings. The average molecular weight is 486 g/mol.